The summed E-state index contributed by atoms with van der Waals surface area (Å²) in [4.78, 5) is 0. The second kappa shape index (κ2) is 28.6. The minimum atomic E-state index is -3.55. The lowest BCUT2D eigenvalue weighted by Gasteiger charge is -2.18. The van der Waals surface area contributed by atoms with Crippen LogP contribution in [0.25, 0.3) is 0 Å². The summed E-state index contributed by atoms with van der Waals surface area (Å²) in [5.41, 5.74) is 0. The van der Waals surface area contributed by atoms with E-state index >= 15 is 0 Å². The zero-order chi connectivity index (χ0) is 25.7. The number of ether oxygens (including phenoxy) is 3. The normalized spacial score (nSPS) is 12.0. The third-order valence-corrected chi connectivity index (χ3v) is 6.97. The van der Waals surface area contributed by atoms with E-state index in [9.17, 15) is 4.57 Å². The second-order valence-corrected chi connectivity index (χ2v) is 10.7. The smallest absolute Gasteiger partial charge is 0.381 e. The van der Waals surface area contributed by atoms with E-state index in [2.05, 4.69) is 20.8 Å². The molecule has 8 heteroatoms. The largest absolute Gasteiger partial charge is 0.474 e. The lowest BCUT2D eigenvalue weighted by Crippen LogP contribution is -2.06. The molecule has 212 valence electrons. The molecule has 0 rings (SSSR count). The van der Waals surface area contributed by atoms with E-state index in [1.165, 1.54) is 38.5 Å². The Labute approximate surface area is 216 Å². The summed E-state index contributed by atoms with van der Waals surface area (Å²) in [7, 11) is -3.55. The van der Waals surface area contributed by atoms with Gasteiger partial charge in [0.2, 0.25) is 0 Å². The van der Waals surface area contributed by atoms with Crippen LogP contribution in [0.15, 0.2) is 0 Å². The second-order valence-electron chi connectivity index (χ2n) is 9.03. The van der Waals surface area contributed by atoms with Crippen LogP contribution in [0.5, 0.6) is 0 Å². The van der Waals surface area contributed by atoms with Crippen molar-refractivity contribution in [3.63, 3.8) is 0 Å². The summed E-state index contributed by atoms with van der Waals surface area (Å²) < 4.78 is 46.8. The van der Waals surface area contributed by atoms with Crippen molar-refractivity contribution in [3.05, 3.63) is 0 Å². The number of rotatable bonds is 30. The van der Waals surface area contributed by atoms with Crippen molar-refractivity contribution in [2.45, 2.75) is 117 Å². The predicted molar refractivity (Wildman–Crippen MR) is 144 cm³/mol. The quantitative estimate of drug-likeness (QED) is 0.0694. The Balaban J connectivity index is 4.06. The maximum absolute atomic E-state index is 13.1. The van der Waals surface area contributed by atoms with Gasteiger partial charge in [0.25, 0.3) is 0 Å². The maximum Gasteiger partial charge on any atom is 0.474 e. The molecular formula is C27H57O7P. The molecule has 7 nitrogen and oxygen atoms in total. The zero-order valence-corrected chi connectivity index (χ0v) is 24.2. The van der Waals surface area contributed by atoms with Gasteiger partial charge in [0.05, 0.1) is 19.8 Å². The molecule has 0 bridgehead atoms. The van der Waals surface area contributed by atoms with E-state index in [1.54, 1.807) is 0 Å². The maximum atomic E-state index is 13.1. The highest BCUT2D eigenvalue weighted by atomic mass is 31.2. The Morgan fingerprint density at radius 1 is 0.371 bits per heavy atom. The van der Waals surface area contributed by atoms with E-state index in [-0.39, 0.29) is 0 Å². The number of unbranched alkanes of at least 4 members (excludes halogenated alkanes) is 9. The molecule has 35 heavy (non-hydrogen) atoms. The monoisotopic (exact) mass is 524 g/mol. The van der Waals surface area contributed by atoms with Crippen LogP contribution < -0.4 is 0 Å². The van der Waals surface area contributed by atoms with Gasteiger partial charge in [-0.2, -0.15) is 0 Å². The van der Waals surface area contributed by atoms with Gasteiger partial charge in [0, 0.05) is 39.6 Å². The number of phosphoric acid groups is 1. The molecule has 0 N–H and O–H groups in total. The topological polar surface area (TPSA) is 72.5 Å². The van der Waals surface area contributed by atoms with Gasteiger partial charge in [-0.3, -0.25) is 13.6 Å². The Hall–Kier alpha value is -0.0100. The van der Waals surface area contributed by atoms with E-state index in [0.29, 0.717) is 39.6 Å². The molecule has 0 heterocycles. The summed E-state index contributed by atoms with van der Waals surface area (Å²) in [6.45, 7) is 12.1. The van der Waals surface area contributed by atoms with Crippen LogP contribution in [0.4, 0.5) is 0 Å². The first-order valence-corrected chi connectivity index (χ1v) is 15.9. The van der Waals surface area contributed by atoms with Gasteiger partial charge >= 0.3 is 7.82 Å². The van der Waals surface area contributed by atoms with Crippen molar-refractivity contribution in [2.24, 2.45) is 0 Å². The number of hydrogen-bond acceptors (Lipinski definition) is 7. The average molecular weight is 525 g/mol. The molecular weight excluding hydrogens is 467 g/mol. The van der Waals surface area contributed by atoms with Gasteiger partial charge in [-0.1, -0.05) is 59.3 Å². The van der Waals surface area contributed by atoms with Crippen molar-refractivity contribution in [2.75, 3.05) is 59.5 Å². The highest BCUT2D eigenvalue weighted by molar-refractivity contribution is 7.48. The Bertz CT molecular complexity index is 389. The van der Waals surface area contributed by atoms with Crippen LogP contribution in [-0.2, 0) is 32.3 Å². The summed E-state index contributed by atoms with van der Waals surface area (Å²) >= 11 is 0. The van der Waals surface area contributed by atoms with Crippen LogP contribution in [-0.4, -0.2) is 59.5 Å². The third kappa shape index (κ3) is 26.9. The van der Waals surface area contributed by atoms with Gasteiger partial charge in [-0.25, -0.2) is 4.57 Å². The first-order valence-electron chi connectivity index (χ1n) is 14.4. The van der Waals surface area contributed by atoms with Gasteiger partial charge in [-0.15, -0.1) is 0 Å². The van der Waals surface area contributed by atoms with Gasteiger partial charge in [-0.05, 0) is 57.8 Å². The van der Waals surface area contributed by atoms with Crippen molar-refractivity contribution < 1.29 is 32.3 Å². The summed E-state index contributed by atoms with van der Waals surface area (Å²) in [6.07, 6.45) is 15.5. The Kier molecular flexibility index (Phi) is 28.6. The summed E-state index contributed by atoms with van der Waals surface area (Å²) in [5.74, 6) is 0. The number of hydrogen-bond donors (Lipinski definition) is 0. The molecule has 0 spiro atoms. The fraction of sp³-hybridized carbons (Fsp3) is 1.00. The van der Waals surface area contributed by atoms with E-state index in [4.69, 9.17) is 27.8 Å². The van der Waals surface area contributed by atoms with Crippen molar-refractivity contribution in [1.82, 2.24) is 0 Å². The van der Waals surface area contributed by atoms with Crippen molar-refractivity contribution >= 4 is 7.82 Å². The molecule has 0 saturated heterocycles. The minimum Gasteiger partial charge on any atom is -0.381 e. The average Bonchev–Trinajstić information content (AvgIpc) is 2.86. The van der Waals surface area contributed by atoms with Crippen molar-refractivity contribution in [1.29, 1.82) is 0 Å². The fourth-order valence-electron chi connectivity index (χ4n) is 3.23. The summed E-state index contributed by atoms with van der Waals surface area (Å²) in [5, 5.41) is 0. The van der Waals surface area contributed by atoms with Crippen LogP contribution in [0, 0.1) is 0 Å². The molecule has 0 unspecified atom stereocenters. The van der Waals surface area contributed by atoms with Crippen molar-refractivity contribution in [3.8, 4) is 0 Å². The Morgan fingerprint density at radius 2 is 0.600 bits per heavy atom. The summed E-state index contributed by atoms with van der Waals surface area (Å²) in [6, 6.07) is 0. The van der Waals surface area contributed by atoms with E-state index < -0.39 is 7.82 Å². The molecule has 0 aliphatic carbocycles. The SMILES string of the molecule is CCCCCOCCCCOP(=O)(OCCCCOCCCCC)OCCCCOCCCCC. The molecule has 0 aliphatic rings. The Morgan fingerprint density at radius 3 is 0.857 bits per heavy atom. The number of phosphoric ester groups is 1. The molecule has 0 aliphatic heterocycles. The van der Waals surface area contributed by atoms with Crippen LogP contribution in [0.1, 0.15) is 117 Å². The van der Waals surface area contributed by atoms with Crippen LogP contribution in [0.2, 0.25) is 0 Å². The first-order chi connectivity index (χ1) is 17.2. The van der Waals surface area contributed by atoms with Gasteiger partial charge < -0.3 is 14.2 Å². The molecule has 0 aromatic heterocycles. The molecule has 0 amide bonds. The highest BCUT2D eigenvalue weighted by Gasteiger charge is 2.26. The van der Waals surface area contributed by atoms with Gasteiger partial charge in [0.15, 0.2) is 0 Å². The van der Waals surface area contributed by atoms with E-state index in [1.807, 2.05) is 0 Å². The standard InChI is InChI=1S/C27H57O7P/c1-4-7-10-19-29-22-13-16-25-32-35(28,33-26-17-14-23-30-20-11-8-5-2)34-27-18-15-24-31-21-12-9-6-3/h4-27H2,1-3H3. The predicted octanol–water partition coefficient (Wildman–Crippen LogP) is 8.11. The lowest BCUT2D eigenvalue weighted by atomic mass is 10.3. The highest BCUT2D eigenvalue weighted by Crippen LogP contribution is 2.49. The van der Waals surface area contributed by atoms with E-state index in [0.717, 1.165) is 77.6 Å². The fourth-order valence-corrected chi connectivity index (χ4v) is 4.51. The molecule has 0 aromatic rings. The minimum absolute atomic E-state index is 0.344. The molecule has 0 saturated carbocycles. The lowest BCUT2D eigenvalue weighted by molar-refractivity contribution is 0.0885. The molecule has 0 aromatic carbocycles. The zero-order valence-electron chi connectivity index (χ0n) is 23.3. The molecule has 0 atom stereocenters. The van der Waals surface area contributed by atoms with Gasteiger partial charge in [0.1, 0.15) is 0 Å². The van der Waals surface area contributed by atoms with Crippen LogP contribution in [0.3, 0.4) is 0 Å². The first kappa shape index (κ1) is 35.0. The van der Waals surface area contributed by atoms with Crippen LogP contribution >= 0.6 is 7.82 Å². The third-order valence-electron chi connectivity index (χ3n) is 5.47. The molecule has 0 radical (unpaired) electrons. The molecule has 0 fully saturated rings.